The summed E-state index contributed by atoms with van der Waals surface area (Å²) >= 11 is 0. The molecule has 1 aromatic heterocycles. The van der Waals surface area contributed by atoms with Gasteiger partial charge in [0, 0.05) is 6.54 Å². The van der Waals surface area contributed by atoms with E-state index in [0.29, 0.717) is 23.6 Å². The summed E-state index contributed by atoms with van der Waals surface area (Å²) < 4.78 is 33.0. The van der Waals surface area contributed by atoms with Gasteiger partial charge in [-0.1, -0.05) is 29.8 Å². The molecular weight excluding hydrogens is 374 g/mol. The number of sulfonamides is 1. The molecule has 0 saturated heterocycles. The highest BCUT2D eigenvalue weighted by Crippen LogP contribution is 2.21. The zero-order valence-corrected chi connectivity index (χ0v) is 16.9. The molecule has 7 heteroatoms. The molecule has 146 valence electrons. The minimum Gasteiger partial charge on any atom is -0.497 e. The van der Waals surface area contributed by atoms with Gasteiger partial charge in [-0.25, -0.2) is 13.4 Å². The van der Waals surface area contributed by atoms with Crippen molar-refractivity contribution in [2.75, 3.05) is 17.1 Å². The van der Waals surface area contributed by atoms with Gasteiger partial charge >= 0.3 is 0 Å². The van der Waals surface area contributed by atoms with Crippen LogP contribution >= 0.6 is 0 Å². The van der Waals surface area contributed by atoms with Crippen LogP contribution in [0, 0.1) is 13.8 Å². The lowest BCUT2D eigenvalue weighted by atomic mass is 10.2. The predicted octanol–water partition coefficient (Wildman–Crippen LogP) is 4.12. The molecule has 0 aliphatic carbocycles. The third-order valence-electron chi connectivity index (χ3n) is 4.27. The van der Waals surface area contributed by atoms with Crippen molar-refractivity contribution in [2.45, 2.75) is 25.3 Å². The quantitative estimate of drug-likeness (QED) is 0.627. The van der Waals surface area contributed by atoms with Crippen LogP contribution in [0.3, 0.4) is 0 Å². The predicted molar refractivity (Wildman–Crippen MR) is 111 cm³/mol. The van der Waals surface area contributed by atoms with Gasteiger partial charge in [-0.2, -0.15) is 0 Å². The molecule has 0 unspecified atom stereocenters. The maximum Gasteiger partial charge on any atom is 0.262 e. The minimum absolute atomic E-state index is 0.264. The summed E-state index contributed by atoms with van der Waals surface area (Å²) in [7, 11) is -2.03. The van der Waals surface area contributed by atoms with Crippen molar-refractivity contribution < 1.29 is 13.2 Å². The molecular formula is C21H23N3O3S. The molecule has 0 amide bonds. The van der Waals surface area contributed by atoms with Crippen LogP contribution in [0.25, 0.3) is 0 Å². The average Bonchev–Trinajstić information content (AvgIpc) is 2.67. The van der Waals surface area contributed by atoms with Gasteiger partial charge in [0.2, 0.25) is 0 Å². The van der Waals surface area contributed by atoms with Crippen LogP contribution in [0.4, 0.5) is 11.5 Å². The summed E-state index contributed by atoms with van der Waals surface area (Å²) in [5, 5.41) is 3.21. The molecule has 2 aromatic carbocycles. The first kappa shape index (κ1) is 19.7. The standard InChI is InChI=1S/C21H23N3O3S/c1-15-4-10-20(16(2)12-15)28(25,26)24-18-7-11-21(23-14-18)22-13-17-5-8-19(27-3)9-6-17/h4-12,14,24H,13H2,1-3H3,(H,22,23). The number of benzene rings is 2. The Labute approximate surface area is 165 Å². The first-order valence-electron chi connectivity index (χ1n) is 8.80. The molecule has 0 saturated carbocycles. The highest BCUT2D eigenvalue weighted by Gasteiger charge is 2.17. The summed E-state index contributed by atoms with van der Waals surface area (Å²) in [4.78, 5) is 4.54. The first-order chi connectivity index (χ1) is 13.4. The summed E-state index contributed by atoms with van der Waals surface area (Å²) in [5.74, 6) is 1.47. The monoisotopic (exact) mass is 397 g/mol. The third kappa shape index (κ3) is 4.80. The topological polar surface area (TPSA) is 80.3 Å². The number of nitrogens with zero attached hydrogens (tertiary/aromatic N) is 1. The molecule has 1 heterocycles. The van der Waals surface area contributed by atoms with Gasteiger partial charge in [0.15, 0.2) is 0 Å². The summed E-state index contributed by atoms with van der Waals surface area (Å²) in [6.07, 6.45) is 1.50. The van der Waals surface area contributed by atoms with Crippen molar-refractivity contribution in [1.29, 1.82) is 0 Å². The van der Waals surface area contributed by atoms with E-state index in [1.165, 1.54) is 6.20 Å². The highest BCUT2D eigenvalue weighted by molar-refractivity contribution is 7.92. The normalized spacial score (nSPS) is 11.1. The Morgan fingerprint density at radius 2 is 1.75 bits per heavy atom. The second-order valence-corrected chi connectivity index (χ2v) is 8.16. The number of rotatable bonds is 7. The van der Waals surface area contributed by atoms with E-state index in [4.69, 9.17) is 4.74 Å². The number of aromatic nitrogens is 1. The van der Waals surface area contributed by atoms with Crippen molar-refractivity contribution in [3.8, 4) is 5.75 Å². The molecule has 0 radical (unpaired) electrons. The largest absolute Gasteiger partial charge is 0.497 e. The molecule has 0 aliphatic rings. The molecule has 3 aromatic rings. The van der Waals surface area contributed by atoms with Gasteiger partial charge in [-0.3, -0.25) is 4.72 Å². The van der Waals surface area contributed by atoms with Gasteiger partial charge in [0.1, 0.15) is 11.6 Å². The SMILES string of the molecule is COc1ccc(CNc2ccc(NS(=O)(=O)c3ccc(C)cc3C)cn2)cc1. The number of methoxy groups -OCH3 is 1. The number of pyridine rings is 1. The Hall–Kier alpha value is -3.06. The van der Waals surface area contributed by atoms with Crippen LogP contribution in [0.1, 0.15) is 16.7 Å². The fourth-order valence-corrected chi connectivity index (χ4v) is 4.08. The van der Waals surface area contributed by atoms with Crippen LogP contribution < -0.4 is 14.8 Å². The second kappa shape index (κ2) is 8.31. The Morgan fingerprint density at radius 3 is 2.36 bits per heavy atom. The molecule has 0 fully saturated rings. The van der Waals surface area contributed by atoms with E-state index in [9.17, 15) is 8.42 Å². The van der Waals surface area contributed by atoms with Gasteiger partial charge in [-0.05, 0) is 55.3 Å². The van der Waals surface area contributed by atoms with Gasteiger partial charge in [0.05, 0.1) is 23.9 Å². The van der Waals surface area contributed by atoms with Crippen molar-refractivity contribution in [1.82, 2.24) is 4.98 Å². The molecule has 0 atom stereocenters. The van der Waals surface area contributed by atoms with E-state index in [2.05, 4.69) is 15.0 Å². The lowest BCUT2D eigenvalue weighted by Gasteiger charge is -2.11. The van der Waals surface area contributed by atoms with Gasteiger partial charge in [-0.15, -0.1) is 0 Å². The van der Waals surface area contributed by atoms with E-state index < -0.39 is 10.0 Å². The van der Waals surface area contributed by atoms with Crippen molar-refractivity contribution >= 4 is 21.5 Å². The number of hydrogen-bond donors (Lipinski definition) is 2. The van der Waals surface area contributed by atoms with Gasteiger partial charge in [0.25, 0.3) is 10.0 Å². The molecule has 28 heavy (non-hydrogen) atoms. The lowest BCUT2D eigenvalue weighted by molar-refractivity contribution is 0.414. The number of hydrogen-bond acceptors (Lipinski definition) is 5. The Kier molecular flexibility index (Phi) is 5.84. The fourth-order valence-electron chi connectivity index (χ4n) is 2.81. The third-order valence-corrected chi connectivity index (χ3v) is 5.81. The molecule has 6 nitrogen and oxygen atoms in total. The van der Waals surface area contributed by atoms with Crippen LogP contribution in [0.2, 0.25) is 0 Å². The molecule has 0 bridgehead atoms. The molecule has 2 N–H and O–H groups in total. The number of anilines is 2. The van der Waals surface area contributed by atoms with E-state index in [1.807, 2.05) is 37.3 Å². The Bertz CT molecular complexity index is 1050. The zero-order valence-electron chi connectivity index (χ0n) is 16.1. The fraction of sp³-hybridized carbons (Fsp3) is 0.190. The van der Waals surface area contributed by atoms with E-state index in [-0.39, 0.29) is 4.90 Å². The number of nitrogens with one attached hydrogen (secondary N) is 2. The Morgan fingerprint density at radius 1 is 1.00 bits per heavy atom. The summed E-state index contributed by atoms with van der Waals surface area (Å²) in [6.45, 7) is 4.31. The van der Waals surface area contributed by atoms with Crippen molar-refractivity contribution in [3.63, 3.8) is 0 Å². The lowest BCUT2D eigenvalue weighted by Crippen LogP contribution is -2.14. The molecule has 0 spiro atoms. The van der Waals surface area contributed by atoms with Crippen LogP contribution in [0.5, 0.6) is 5.75 Å². The highest BCUT2D eigenvalue weighted by atomic mass is 32.2. The smallest absolute Gasteiger partial charge is 0.262 e. The first-order valence-corrected chi connectivity index (χ1v) is 10.3. The van der Waals surface area contributed by atoms with E-state index >= 15 is 0 Å². The van der Waals surface area contributed by atoms with Crippen LogP contribution in [-0.4, -0.2) is 20.5 Å². The molecule has 3 rings (SSSR count). The van der Waals surface area contributed by atoms with Crippen molar-refractivity contribution in [3.05, 3.63) is 77.5 Å². The Balaban J connectivity index is 1.65. The minimum atomic E-state index is -3.66. The van der Waals surface area contributed by atoms with Gasteiger partial charge < -0.3 is 10.1 Å². The summed E-state index contributed by atoms with van der Waals surface area (Å²) in [6, 6.07) is 16.4. The van der Waals surface area contributed by atoms with E-state index in [0.717, 1.165) is 16.9 Å². The maximum absolute atomic E-state index is 12.6. The number of aryl methyl sites for hydroxylation is 2. The average molecular weight is 398 g/mol. The van der Waals surface area contributed by atoms with Crippen LogP contribution in [0.15, 0.2) is 65.7 Å². The number of ether oxygens (including phenoxy) is 1. The zero-order chi connectivity index (χ0) is 20.1. The maximum atomic E-state index is 12.6. The second-order valence-electron chi connectivity index (χ2n) is 6.51. The molecule has 0 aliphatic heterocycles. The van der Waals surface area contributed by atoms with Crippen molar-refractivity contribution in [2.24, 2.45) is 0 Å². The summed E-state index contributed by atoms with van der Waals surface area (Å²) in [5.41, 5.74) is 3.22. The van der Waals surface area contributed by atoms with Crippen LogP contribution in [-0.2, 0) is 16.6 Å². The van der Waals surface area contributed by atoms with E-state index in [1.54, 1.807) is 38.3 Å².